The minimum Gasteiger partial charge on any atom is -0.463 e. The summed E-state index contributed by atoms with van der Waals surface area (Å²) in [4.78, 5) is 12.4. The SMILES string of the molecule is COCC(O)N1CCOC(=O)C1. The average Bonchev–Trinajstić information content (AvgIpc) is 2.05. The Kier molecular flexibility index (Phi) is 3.46. The van der Waals surface area contributed by atoms with Crippen LogP contribution in [0.15, 0.2) is 0 Å². The first-order valence-corrected chi connectivity index (χ1v) is 3.80. The van der Waals surface area contributed by atoms with Gasteiger partial charge < -0.3 is 14.6 Å². The van der Waals surface area contributed by atoms with Crippen molar-refractivity contribution in [3.63, 3.8) is 0 Å². The van der Waals surface area contributed by atoms with E-state index >= 15 is 0 Å². The summed E-state index contributed by atoms with van der Waals surface area (Å²) in [7, 11) is 1.51. The molecule has 0 amide bonds. The molecule has 1 saturated heterocycles. The molecule has 0 aromatic carbocycles. The molecule has 1 aliphatic rings. The van der Waals surface area contributed by atoms with Crippen molar-refractivity contribution in [3.8, 4) is 0 Å². The van der Waals surface area contributed by atoms with E-state index in [1.54, 1.807) is 4.90 Å². The number of rotatable bonds is 3. The van der Waals surface area contributed by atoms with Gasteiger partial charge in [0.2, 0.25) is 0 Å². The number of ether oxygens (including phenoxy) is 2. The average molecular weight is 175 g/mol. The fourth-order valence-corrected chi connectivity index (χ4v) is 1.08. The number of esters is 1. The topological polar surface area (TPSA) is 59.0 Å². The molecule has 1 atom stereocenters. The van der Waals surface area contributed by atoms with Crippen molar-refractivity contribution in [2.24, 2.45) is 0 Å². The molecule has 1 N–H and O–H groups in total. The van der Waals surface area contributed by atoms with Gasteiger partial charge in [-0.05, 0) is 0 Å². The first kappa shape index (κ1) is 9.44. The van der Waals surface area contributed by atoms with Crippen LogP contribution >= 0.6 is 0 Å². The summed E-state index contributed by atoms with van der Waals surface area (Å²) in [6.45, 7) is 1.27. The number of morpholine rings is 1. The number of hydrogen-bond donors (Lipinski definition) is 1. The Labute approximate surface area is 70.9 Å². The van der Waals surface area contributed by atoms with Crippen LogP contribution in [0.3, 0.4) is 0 Å². The van der Waals surface area contributed by atoms with Crippen LogP contribution in [0.4, 0.5) is 0 Å². The van der Waals surface area contributed by atoms with Gasteiger partial charge in [0.15, 0.2) is 0 Å². The minimum absolute atomic E-state index is 0.143. The lowest BCUT2D eigenvalue weighted by Gasteiger charge is -2.29. The van der Waals surface area contributed by atoms with Crippen LogP contribution < -0.4 is 0 Å². The van der Waals surface area contributed by atoms with Gasteiger partial charge in [-0.2, -0.15) is 0 Å². The third-order valence-corrected chi connectivity index (χ3v) is 1.71. The highest BCUT2D eigenvalue weighted by molar-refractivity contribution is 5.72. The smallest absolute Gasteiger partial charge is 0.320 e. The molecule has 1 heterocycles. The molecule has 70 valence electrons. The Morgan fingerprint density at radius 3 is 3.17 bits per heavy atom. The summed E-state index contributed by atoms with van der Waals surface area (Å²) in [5.41, 5.74) is 0. The van der Waals surface area contributed by atoms with E-state index in [0.717, 1.165) is 0 Å². The molecule has 0 spiro atoms. The maximum Gasteiger partial charge on any atom is 0.320 e. The molecular weight excluding hydrogens is 162 g/mol. The zero-order valence-corrected chi connectivity index (χ0v) is 7.02. The molecule has 1 aliphatic heterocycles. The summed E-state index contributed by atoms with van der Waals surface area (Å²) in [6, 6.07) is 0. The van der Waals surface area contributed by atoms with E-state index in [9.17, 15) is 9.90 Å². The lowest BCUT2D eigenvalue weighted by Crippen LogP contribution is -2.47. The molecule has 0 aromatic heterocycles. The number of carbonyl (C=O) groups is 1. The van der Waals surface area contributed by atoms with Crippen LogP contribution in [0.2, 0.25) is 0 Å². The Bertz CT molecular complexity index is 161. The van der Waals surface area contributed by atoms with E-state index in [4.69, 9.17) is 9.47 Å². The van der Waals surface area contributed by atoms with Crippen LogP contribution in [0, 0.1) is 0 Å². The second-order valence-corrected chi connectivity index (χ2v) is 2.63. The number of nitrogens with zero attached hydrogens (tertiary/aromatic N) is 1. The summed E-state index contributed by atoms with van der Waals surface area (Å²) in [5, 5.41) is 9.38. The van der Waals surface area contributed by atoms with E-state index in [1.807, 2.05) is 0 Å². The van der Waals surface area contributed by atoms with Crippen LogP contribution in [0.1, 0.15) is 0 Å². The summed E-state index contributed by atoms with van der Waals surface area (Å²) < 4.78 is 9.45. The Hall–Kier alpha value is -0.650. The van der Waals surface area contributed by atoms with Gasteiger partial charge >= 0.3 is 5.97 Å². The molecule has 0 bridgehead atoms. The van der Waals surface area contributed by atoms with E-state index < -0.39 is 6.23 Å². The van der Waals surface area contributed by atoms with Crippen LogP contribution in [-0.4, -0.2) is 55.6 Å². The number of cyclic esters (lactones) is 1. The Morgan fingerprint density at radius 2 is 2.58 bits per heavy atom. The van der Waals surface area contributed by atoms with E-state index in [2.05, 4.69) is 0 Å². The van der Waals surface area contributed by atoms with Gasteiger partial charge in [-0.25, -0.2) is 0 Å². The van der Waals surface area contributed by atoms with Crippen LogP contribution in [-0.2, 0) is 14.3 Å². The first-order chi connectivity index (χ1) is 5.74. The maximum atomic E-state index is 10.8. The van der Waals surface area contributed by atoms with E-state index in [0.29, 0.717) is 13.2 Å². The number of aliphatic hydroxyl groups is 1. The Morgan fingerprint density at radius 1 is 1.83 bits per heavy atom. The molecule has 1 fully saturated rings. The van der Waals surface area contributed by atoms with Gasteiger partial charge in [0.1, 0.15) is 12.8 Å². The summed E-state index contributed by atoms with van der Waals surface area (Å²) in [5.74, 6) is -0.295. The standard InChI is InChI=1S/C7H13NO4/c1-11-5-6(9)8-2-3-12-7(10)4-8/h6,9H,2-5H2,1H3. The second-order valence-electron chi connectivity index (χ2n) is 2.63. The predicted octanol–water partition coefficient (Wildman–Crippen LogP) is -1.19. The Balaban J connectivity index is 2.34. The third kappa shape index (κ3) is 2.44. The van der Waals surface area contributed by atoms with Crippen molar-refractivity contribution < 1.29 is 19.4 Å². The highest BCUT2D eigenvalue weighted by Crippen LogP contribution is 2.02. The quantitative estimate of drug-likeness (QED) is 0.546. The molecular formula is C7H13NO4. The molecule has 1 rings (SSSR count). The number of carbonyl (C=O) groups excluding carboxylic acids is 1. The van der Waals surface area contributed by atoms with Crippen molar-refractivity contribution in [2.45, 2.75) is 6.23 Å². The zero-order valence-electron chi connectivity index (χ0n) is 7.02. The van der Waals surface area contributed by atoms with Crippen molar-refractivity contribution in [3.05, 3.63) is 0 Å². The monoisotopic (exact) mass is 175 g/mol. The fraction of sp³-hybridized carbons (Fsp3) is 0.857. The lowest BCUT2D eigenvalue weighted by molar-refractivity contribution is -0.159. The number of aliphatic hydroxyl groups excluding tert-OH is 1. The lowest BCUT2D eigenvalue weighted by atomic mass is 10.4. The molecule has 1 unspecified atom stereocenters. The second kappa shape index (κ2) is 4.39. The van der Waals surface area contributed by atoms with Crippen molar-refractivity contribution >= 4 is 5.97 Å². The predicted molar refractivity (Wildman–Crippen MR) is 40.4 cm³/mol. The van der Waals surface area contributed by atoms with E-state index in [1.165, 1.54) is 7.11 Å². The van der Waals surface area contributed by atoms with Crippen molar-refractivity contribution in [1.29, 1.82) is 0 Å². The minimum atomic E-state index is -0.706. The zero-order chi connectivity index (χ0) is 8.97. The highest BCUT2D eigenvalue weighted by atomic mass is 16.5. The van der Waals surface area contributed by atoms with Crippen molar-refractivity contribution in [2.75, 3.05) is 33.4 Å². The highest BCUT2D eigenvalue weighted by Gasteiger charge is 2.23. The molecule has 5 nitrogen and oxygen atoms in total. The molecule has 0 aliphatic carbocycles. The maximum absolute atomic E-state index is 10.8. The molecule has 0 aromatic rings. The van der Waals surface area contributed by atoms with Crippen molar-refractivity contribution in [1.82, 2.24) is 4.90 Å². The van der Waals surface area contributed by atoms with Crippen LogP contribution in [0.25, 0.3) is 0 Å². The van der Waals surface area contributed by atoms with Gasteiger partial charge in [0.25, 0.3) is 0 Å². The fourth-order valence-electron chi connectivity index (χ4n) is 1.08. The normalized spacial score (nSPS) is 22.0. The largest absolute Gasteiger partial charge is 0.463 e. The number of methoxy groups -OCH3 is 1. The van der Waals surface area contributed by atoms with E-state index in [-0.39, 0.29) is 19.1 Å². The first-order valence-electron chi connectivity index (χ1n) is 3.80. The summed E-state index contributed by atoms with van der Waals surface area (Å²) >= 11 is 0. The van der Waals surface area contributed by atoms with Gasteiger partial charge in [0, 0.05) is 13.7 Å². The molecule has 0 saturated carbocycles. The van der Waals surface area contributed by atoms with Gasteiger partial charge in [0.05, 0.1) is 13.2 Å². The molecule has 0 radical (unpaired) electrons. The van der Waals surface area contributed by atoms with Crippen LogP contribution in [0.5, 0.6) is 0 Å². The van der Waals surface area contributed by atoms with Gasteiger partial charge in [-0.3, -0.25) is 9.69 Å². The number of hydrogen-bond acceptors (Lipinski definition) is 5. The third-order valence-electron chi connectivity index (χ3n) is 1.71. The summed E-state index contributed by atoms with van der Waals surface area (Å²) in [6.07, 6.45) is -0.706. The van der Waals surface area contributed by atoms with Gasteiger partial charge in [-0.1, -0.05) is 0 Å². The molecule has 5 heteroatoms. The molecule has 12 heavy (non-hydrogen) atoms. The van der Waals surface area contributed by atoms with Gasteiger partial charge in [-0.15, -0.1) is 0 Å².